The molecule has 0 unspecified atom stereocenters. The van der Waals surface area contributed by atoms with Crippen molar-refractivity contribution in [2.45, 2.75) is 32.0 Å². The first kappa shape index (κ1) is 26.5. The summed E-state index contributed by atoms with van der Waals surface area (Å²) in [5.41, 5.74) is 10.5. The Labute approximate surface area is 227 Å². The average molecular weight is 606 g/mol. The summed E-state index contributed by atoms with van der Waals surface area (Å²) in [6.07, 6.45) is 5.83. The number of nitrogens with two attached hydrogens (primary N) is 1. The Balaban J connectivity index is 0.00000304. The van der Waals surface area contributed by atoms with Gasteiger partial charge in [0.2, 0.25) is 0 Å². The van der Waals surface area contributed by atoms with Gasteiger partial charge >= 0.3 is 0 Å². The fraction of sp³-hybridized carbons (Fsp3) is 0.423. The standard InChI is InChI=1S/C26H31FN6O2.HI/c1-19-3-2-4-20(15-19)29-8-5-21(28)22-16-23(32-9-13-35-14-10-32)24-25(31-22)33(18-30-24)17-26(27)6-11-34-12-7-26;/h2-5,8,15-16,18H,6-7,9-14,17,28H2,1H3;1H/b21-5-,29-8?;. The minimum Gasteiger partial charge on any atom is -0.397 e. The van der Waals surface area contributed by atoms with Gasteiger partial charge in [-0.3, -0.25) is 4.99 Å². The van der Waals surface area contributed by atoms with E-state index in [1.54, 1.807) is 18.6 Å². The number of benzene rings is 1. The molecule has 8 nitrogen and oxygen atoms in total. The predicted molar refractivity (Wildman–Crippen MR) is 151 cm³/mol. The van der Waals surface area contributed by atoms with E-state index < -0.39 is 5.67 Å². The zero-order valence-corrected chi connectivity index (χ0v) is 22.7. The van der Waals surface area contributed by atoms with Crippen LogP contribution in [0.5, 0.6) is 0 Å². The normalized spacial score (nSPS) is 18.5. The highest BCUT2D eigenvalue weighted by molar-refractivity contribution is 14.0. The molecule has 2 aliphatic heterocycles. The third-order valence-electron chi connectivity index (χ3n) is 6.52. The Morgan fingerprint density at radius 2 is 1.92 bits per heavy atom. The molecule has 2 aliphatic rings. The lowest BCUT2D eigenvalue weighted by atomic mass is 9.96. The van der Waals surface area contributed by atoms with Gasteiger partial charge in [-0.15, -0.1) is 24.0 Å². The first-order valence-corrected chi connectivity index (χ1v) is 12.0. The number of ether oxygens (including phenoxy) is 2. The van der Waals surface area contributed by atoms with Gasteiger partial charge in [0.05, 0.1) is 48.9 Å². The monoisotopic (exact) mass is 606 g/mol. The van der Waals surface area contributed by atoms with Crippen molar-refractivity contribution in [1.82, 2.24) is 14.5 Å². The Kier molecular flexibility index (Phi) is 8.58. The van der Waals surface area contributed by atoms with Gasteiger partial charge < -0.3 is 24.7 Å². The first-order chi connectivity index (χ1) is 17.0. The van der Waals surface area contributed by atoms with E-state index in [9.17, 15) is 0 Å². The highest BCUT2D eigenvalue weighted by atomic mass is 127. The molecular formula is C26H32FIN6O2. The minimum absolute atomic E-state index is 0. The summed E-state index contributed by atoms with van der Waals surface area (Å²) in [5.74, 6) is 0. The number of anilines is 1. The second-order valence-electron chi connectivity index (χ2n) is 9.17. The zero-order valence-electron chi connectivity index (χ0n) is 20.4. The van der Waals surface area contributed by atoms with Crippen LogP contribution in [0, 0.1) is 6.92 Å². The quantitative estimate of drug-likeness (QED) is 0.330. The molecule has 3 aromatic rings. The summed E-state index contributed by atoms with van der Waals surface area (Å²) in [5, 5.41) is 0. The van der Waals surface area contributed by atoms with Crippen LogP contribution in [0.15, 0.2) is 47.7 Å². The molecule has 0 saturated carbocycles. The minimum atomic E-state index is -1.34. The van der Waals surface area contributed by atoms with Gasteiger partial charge in [-0.25, -0.2) is 14.4 Å². The summed E-state index contributed by atoms with van der Waals surface area (Å²) < 4.78 is 28.2. The van der Waals surface area contributed by atoms with Gasteiger partial charge in [-0.1, -0.05) is 12.1 Å². The topological polar surface area (TPSA) is 90.8 Å². The number of aliphatic imine (C=N–C) groups is 1. The molecule has 2 N–H and O–H groups in total. The van der Waals surface area contributed by atoms with Crippen LogP contribution in [0.25, 0.3) is 16.9 Å². The van der Waals surface area contributed by atoms with E-state index in [1.165, 1.54) is 0 Å². The summed E-state index contributed by atoms with van der Waals surface area (Å²) >= 11 is 0. The number of halogens is 2. The molecule has 10 heteroatoms. The number of imidazole rings is 1. The summed E-state index contributed by atoms with van der Waals surface area (Å²) in [7, 11) is 0. The van der Waals surface area contributed by atoms with Crippen LogP contribution < -0.4 is 10.6 Å². The molecule has 2 fully saturated rings. The Morgan fingerprint density at radius 1 is 1.17 bits per heavy atom. The van der Waals surface area contributed by atoms with Gasteiger partial charge in [0.25, 0.3) is 0 Å². The van der Waals surface area contributed by atoms with Gasteiger partial charge in [-0.2, -0.15) is 0 Å². The van der Waals surface area contributed by atoms with Crippen LogP contribution in [0.3, 0.4) is 0 Å². The number of alkyl halides is 1. The number of fused-ring (bicyclic) bond motifs is 1. The second kappa shape index (κ2) is 11.7. The highest BCUT2D eigenvalue weighted by Gasteiger charge is 2.33. The first-order valence-electron chi connectivity index (χ1n) is 12.0. The SMILES string of the molecule is Cc1cccc(N=C/C=C(\N)c2cc(N3CCOCC3)c3ncn(CC4(F)CCOCC4)c3n2)c1.I. The smallest absolute Gasteiger partial charge is 0.162 e. The molecule has 2 aromatic heterocycles. The molecule has 36 heavy (non-hydrogen) atoms. The van der Waals surface area contributed by atoms with Gasteiger partial charge in [-0.05, 0) is 36.8 Å². The molecule has 5 rings (SSSR count). The number of allylic oxidation sites excluding steroid dienone is 1. The van der Waals surface area contributed by atoms with Crippen LogP contribution in [0.4, 0.5) is 15.8 Å². The van der Waals surface area contributed by atoms with E-state index >= 15 is 4.39 Å². The third-order valence-corrected chi connectivity index (χ3v) is 6.52. The lowest BCUT2D eigenvalue weighted by Gasteiger charge is -2.30. The van der Waals surface area contributed by atoms with Gasteiger partial charge in [0.1, 0.15) is 11.2 Å². The number of rotatable bonds is 6. The molecular weight excluding hydrogens is 574 g/mol. The molecule has 0 spiro atoms. The Hall–Kier alpha value is -2.57. The number of aryl methyl sites for hydroxylation is 1. The highest BCUT2D eigenvalue weighted by Crippen LogP contribution is 2.32. The van der Waals surface area contributed by atoms with E-state index in [0.29, 0.717) is 56.3 Å². The fourth-order valence-corrected chi connectivity index (χ4v) is 4.52. The van der Waals surface area contributed by atoms with E-state index in [4.69, 9.17) is 20.2 Å². The molecule has 192 valence electrons. The largest absolute Gasteiger partial charge is 0.397 e. The van der Waals surface area contributed by atoms with Crippen molar-refractivity contribution in [3.63, 3.8) is 0 Å². The molecule has 1 aromatic carbocycles. The summed E-state index contributed by atoms with van der Waals surface area (Å²) in [6, 6.07) is 9.90. The molecule has 0 radical (unpaired) electrons. The molecule has 0 amide bonds. The predicted octanol–water partition coefficient (Wildman–Crippen LogP) is 4.42. The van der Waals surface area contributed by atoms with Crippen molar-refractivity contribution in [3.8, 4) is 0 Å². The van der Waals surface area contributed by atoms with Crippen molar-refractivity contribution in [1.29, 1.82) is 0 Å². The van der Waals surface area contributed by atoms with E-state index in [2.05, 4.69) is 14.9 Å². The molecule has 2 saturated heterocycles. The number of morpholine rings is 1. The van der Waals surface area contributed by atoms with Crippen LogP contribution in [-0.4, -0.2) is 65.9 Å². The molecule has 0 atom stereocenters. The maximum atomic E-state index is 15.5. The summed E-state index contributed by atoms with van der Waals surface area (Å²) in [6.45, 7) is 5.84. The van der Waals surface area contributed by atoms with E-state index in [0.717, 1.165) is 35.5 Å². The summed E-state index contributed by atoms with van der Waals surface area (Å²) in [4.78, 5) is 16.2. The number of pyridine rings is 1. The average Bonchev–Trinajstić information content (AvgIpc) is 3.26. The van der Waals surface area contributed by atoms with Crippen molar-refractivity contribution >= 4 is 58.4 Å². The lowest BCUT2D eigenvalue weighted by Crippen LogP contribution is -2.36. The number of aromatic nitrogens is 3. The third kappa shape index (κ3) is 6.04. The molecule has 0 bridgehead atoms. The molecule has 0 aliphatic carbocycles. The number of nitrogens with zero attached hydrogens (tertiary/aromatic N) is 5. The maximum Gasteiger partial charge on any atom is 0.162 e. The maximum absolute atomic E-state index is 15.5. The fourth-order valence-electron chi connectivity index (χ4n) is 4.52. The zero-order chi connectivity index (χ0) is 24.3. The van der Waals surface area contributed by atoms with Crippen LogP contribution in [0.1, 0.15) is 24.1 Å². The van der Waals surface area contributed by atoms with Crippen molar-refractivity contribution < 1.29 is 13.9 Å². The second-order valence-corrected chi connectivity index (χ2v) is 9.17. The molecule has 4 heterocycles. The van der Waals surface area contributed by atoms with Crippen LogP contribution in [-0.2, 0) is 16.0 Å². The van der Waals surface area contributed by atoms with Crippen molar-refractivity contribution in [3.05, 3.63) is 54.0 Å². The number of hydrogen-bond acceptors (Lipinski definition) is 7. The van der Waals surface area contributed by atoms with E-state index in [-0.39, 0.29) is 30.5 Å². The Morgan fingerprint density at radius 3 is 2.67 bits per heavy atom. The van der Waals surface area contributed by atoms with Crippen LogP contribution in [0.2, 0.25) is 0 Å². The number of hydrogen-bond donors (Lipinski definition) is 1. The van der Waals surface area contributed by atoms with Gasteiger partial charge in [0.15, 0.2) is 5.65 Å². The van der Waals surface area contributed by atoms with Crippen LogP contribution >= 0.6 is 24.0 Å². The van der Waals surface area contributed by atoms with Gasteiger partial charge in [0, 0.05) is 45.4 Å². The van der Waals surface area contributed by atoms with Crippen molar-refractivity contribution in [2.75, 3.05) is 44.4 Å². The Bertz CT molecular complexity index is 1250. The van der Waals surface area contributed by atoms with E-state index in [1.807, 2.05) is 41.8 Å². The van der Waals surface area contributed by atoms with Crippen molar-refractivity contribution in [2.24, 2.45) is 10.7 Å². The lowest BCUT2D eigenvalue weighted by molar-refractivity contribution is -0.0172.